The number of halogens is 2. The van der Waals surface area contributed by atoms with E-state index in [9.17, 15) is 0 Å². The number of hydrazone groups is 2. The zero-order chi connectivity index (χ0) is 24.0. The van der Waals surface area contributed by atoms with E-state index in [-0.39, 0.29) is 0 Å². The van der Waals surface area contributed by atoms with Gasteiger partial charge in [0.25, 0.3) is 0 Å². The molecule has 0 fully saturated rings. The van der Waals surface area contributed by atoms with Crippen LogP contribution in [0.5, 0.6) is 0 Å². The van der Waals surface area contributed by atoms with Crippen LogP contribution in [0.1, 0.15) is 101 Å². The van der Waals surface area contributed by atoms with Crippen molar-refractivity contribution < 1.29 is 0 Å². The molecule has 0 amide bonds. The van der Waals surface area contributed by atoms with Gasteiger partial charge in [0.05, 0.1) is 23.8 Å². The Hall–Kier alpha value is -1.66. The van der Waals surface area contributed by atoms with Crippen molar-refractivity contribution in [3.63, 3.8) is 0 Å². The zero-order valence-corrected chi connectivity index (χ0v) is 23.6. The summed E-state index contributed by atoms with van der Waals surface area (Å²) in [4.78, 5) is 0. The lowest BCUT2D eigenvalue weighted by molar-refractivity contribution is 0.833. The molecular formula is C26H36Br2N4. The fourth-order valence-corrected chi connectivity index (χ4v) is 4.64. The first-order valence-electron chi connectivity index (χ1n) is 11.3. The molecule has 0 saturated heterocycles. The maximum atomic E-state index is 4.43. The van der Waals surface area contributed by atoms with Crippen molar-refractivity contribution in [3.8, 4) is 0 Å². The number of nitrogens with one attached hydrogen (secondary N) is 2. The summed E-state index contributed by atoms with van der Waals surface area (Å²) >= 11 is 7.29. The van der Waals surface area contributed by atoms with Gasteiger partial charge in [-0.1, -0.05) is 87.2 Å². The molecule has 0 spiro atoms. The Morgan fingerprint density at radius 3 is 1.03 bits per heavy atom. The van der Waals surface area contributed by atoms with Crippen LogP contribution in [0.4, 0.5) is 11.4 Å². The van der Waals surface area contributed by atoms with Crippen molar-refractivity contribution in [2.45, 2.75) is 79.1 Å². The minimum Gasteiger partial charge on any atom is -0.278 e. The van der Waals surface area contributed by atoms with Crippen molar-refractivity contribution >= 4 is 55.7 Å². The van der Waals surface area contributed by atoms with E-state index in [2.05, 4.69) is 133 Å². The Morgan fingerprint density at radius 1 is 0.562 bits per heavy atom. The SMILES string of the molecule is CC(C)c1cc(Br)cc(C(C)C)c1NN=CC=NNc1c(C(C)C)cc(Br)cc1C(C)C. The summed E-state index contributed by atoms with van der Waals surface area (Å²) < 4.78 is 2.20. The van der Waals surface area contributed by atoms with Gasteiger partial charge in [-0.25, -0.2) is 0 Å². The van der Waals surface area contributed by atoms with Crippen LogP contribution in [0.2, 0.25) is 0 Å². The summed E-state index contributed by atoms with van der Waals surface area (Å²) in [7, 11) is 0. The van der Waals surface area contributed by atoms with Gasteiger partial charge in [-0.3, -0.25) is 10.9 Å². The minimum atomic E-state index is 0.388. The van der Waals surface area contributed by atoms with Crippen LogP contribution >= 0.6 is 31.9 Å². The molecule has 4 nitrogen and oxygen atoms in total. The number of benzene rings is 2. The first-order valence-corrected chi connectivity index (χ1v) is 12.8. The third-order valence-electron chi connectivity index (χ3n) is 5.38. The van der Waals surface area contributed by atoms with Crippen molar-refractivity contribution in [1.29, 1.82) is 0 Å². The van der Waals surface area contributed by atoms with Crippen molar-refractivity contribution in [1.82, 2.24) is 0 Å². The Morgan fingerprint density at radius 2 is 0.812 bits per heavy atom. The Kier molecular flexibility index (Phi) is 9.96. The average Bonchev–Trinajstić information content (AvgIpc) is 2.70. The smallest absolute Gasteiger partial charge is 0.0673 e. The number of hydrogen-bond acceptors (Lipinski definition) is 4. The lowest BCUT2D eigenvalue weighted by Crippen LogP contribution is -2.05. The topological polar surface area (TPSA) is 48.8 Å². The molecule has 0 heterocycles. The van der Waals surface area contributed by atoms with Crippen LogP contribution in [-0.4, -0.2) is 12.4 Å². The van der Waals surface area contributed by atoms with Gasteiger partial charge < -0.3 is 0 Å². The zero-order valence-electron chi connectivity index (χ0n) is 20.4. The van der Waals surface area contributed by atoms with Gasteiger partial charge in [-0.15, -0.1) is 0 Å². The van der Waals surface area contributed by atoms with Gasteiger partial charge in [0.15, 0.2) is 0 Å². The van der Waals surface area contributed by atoms with Crippen LogP contribution in [0.3, 0.4) is 0 Å². The molecule has 0 aliphatic carbocycles. The second-order valence-electron chi connectivity index (χ2n) is 9.32. The Bertz CT molecular complexity index is 838. The predicted octanol–water partition coefficient (Wildman–Crippen LogP) is 9.20. The van der Waals surface area contributed by atoms with Crippen molar-refractivity contribution in [2.24, 2.45) is 10.2 Å². The van der Waals surface area contributed by atoms with Crippen LogP contribution in [0.25, 0.3) is 0 Å². The molecular weight excluding hydrogens is 528 g/mol. The minimum absolute atomic E-state index is 0.388. The molecule has 0 aliphatic rings. The lowest BCUT2D eigenvalue weighted by atomic mass is 9.93. The molecule has 6 heteroatoms. The molecule has 2 rings (SSSR count). The van der Waals surface area contributed by atoms with E-state index in [1.54, 1.807) is 12.4 Å². The molecule has 0 radical (unpaired) electrons. The standard InChI is InChI=1S/C26H36Br2N4/c1-15(2)21-11-19(27)12-22(16(3)4)25(21)31-29-9-10-30-32-26-23(17(5)6)13-20(28)14-24(26)18(7)8/h9-18,31-32H,1-8H3. The molecule has 0 saturated carbocycles. The fraction of sp³-hybridized carbons (Fsp3) is 0.462. The first-order chi connectivity index (χ1) is 15.0. The van der Waals surface area contributed by atoms with E-state index in [0.717, 1.165) is 20.3 Å². The third-order valence-corrected chi connectivity index (χ3v) is 6.30. The number of nitrogens with zero attached hydrogens (tertiary/aromatic N) is 2. The van der Waals surface area contributed by atoms with Gasteiger partial charge in [0, 0.05) is 8.95 Å². The second-order valence-corrected chi connectivity index (χ2v) is 11.1. The molecule has 2 aromatic carbocycles. The number of hydrogen-bond donors (Lipinski definition) is 2. The Balaban J connectivity index is 2.22. The summed E-state index contributed by atoms with van der Waals surface area (Å²) in [6, 6.07) is 8.66. The Labute approximate surface area is 210 Å². The highest BCUT2D eigenvalue weighted by atomic mass is 79.9. The third kappa shape index (κ3) is 6.92. The highest BCUT2D eigenvalue weighted by Gasteiger charge is 2.16. The van der Waals surface area contributed by atoms with E-state index in [1.165, 1.54) is 22.3 Å². The molecule has 0 bridgehead atoms. The fourth-order valence-electron chi connectivity index (χ4n) is 3.65. The largest absolute Gasteiger partial charge is 0.278 e. The van der Waals surface area contributed by atoms with E-state index >= 15 is 0 Å². The maximum absolute atomic E-state index is 4.43. The van der Waals surface area contributed by atoms with E-state index in [0.29, 0.717) is 23.7 Å². The summed E-state index contributed by atoms with van der Waals surface area (Å²) in [5.74, 6) is 1.55. The molecule has 2 N–H and O–H groups in total. The molecule has 32 heavy (non-hydrogen) atoms. The molecule has 0 aromatic heterocycles. The first kappa shape index (κ1) is 26.6. The summed E-state index contributed by atoms with van der Waals surface area (Å²) in [5, 5.41) is 8.86. The highest BCUT2D eigenvalue weighted by molar-refractivity contribution is 9.10. The van der Waals surface area contributed by atoms with Crippen molar-refractivity contribution in [3.05, 3.63) is 55.5 Å². The second kappa shape index (κ2) is 12.0. The van der Waals surface area contributed by atoms with E-state index in [4.69, 9.17) is 0 Å². The lowest BCUT2D eigenvalue weighted by Gasteiger charge is -2.20. The van der Waals surface area contributed by atoms with Gasteiger partial charge in [-0.05, 0) is 70.2 Å². The normalized spacial score (nSPS) is 12.3. The number of rotatable bonds is 9. The monoisotopic (exact) mass is 562 g/mol. The molecule has 2 aromatic rings. The predicted molar refractivity (Wildman–Crippen MR) is 149 cm³/mol. The number of anilines is 2. The molecule has 174 valence electrons. The van der Waals surface area contributed by atoms with Crippen LogP contribution in [0, 0.1) is 0 Å². The van der Waals surface area contributed by atoms with Gasteiger partial charge in [-0.2, -0.15) is 10.2 Å². The van der Waals surface area contributed by atoms with Crippen LogP contribution < -0.4 is 10.9 Å². The van der Waals surface area contributed by atoms with Gasteiger partial charge >= 0.3 is 0 Å². The maximum Gasteiger partial charge on any atom is 0.0673 e. The molecule has 0 aliphatic heterocycles. The molecule has 0 atom stereocenters. The van der Waals surface area contributed by atoms with Gasteiger partial charge in [0.2, 0.25) is 0 Å². The summed E-state index contributed by atoms with van der Waals surface area (Å²) in [6.45, 7) is 17.6. The average molecular weight is 564 g/mol. The summed E-state index contributed by atoms with van der Waals surface area (Å²) in [5.41, 5.74) is 13.6. The van der Waals surface area contributed by atoms with E-state index < -0.39 is 0 Å². The van der Waals surface area contributed by atoms with Crippen LogP contribution in [-0.2, 0) is 0 Å². The highest BCUT2D eigenvalue weighted by Crippen LogP contribution is 2.36. The summed E-state index contributed by atoms with van der Waals surface area (Å²) in [6.07, 6.45) is 3.37. The van der Waals surface area contributed by atoms with Crippen molar-refractivity contribution in [2.75, 3.05) is 10.9 Å². The quantitative estimate of drug-likeness (QED) is 0.236. The van der Waals surface area contributed by atoms with Crippen LogP contribution in [0.15, 0.2) is 43.4 Å². The van der Waals surface area contributed by atoms with Gasteiger partial charge in [0.1, 0.15) is 0 Å². The molecule has 0 unspecified atom stereocenters. The van der Waals surface area contributed by atoms with E-state index in [1.807, 2.05) is 0 Å².